The number of aromatic amines is 1. The number of aromatic nitrogens is 4. The van der Waals surface area contributed by atoms with Crippen molar-refractivity contribution in [2.24, 2.45) is 0 Å². The summed E-state index contributed by atoms with van der Waals surface area (Å²) in [5.74, 6) is 0.151. The molecule has 1 aromatic carbocycles. The number of pyridine rings is 1. The van der Waals surface area contributed by atoms with Crippen LogP contribution < -0.4 is 10.6 Å². The minimum Gasteiger partial charge on any atom is -0.438 e. The van der Waals surface area contributed by atoms with Gasteiger partial charge in [0.25, 0.3) is 5.89 Å². The molecule has 0 unspecified atom stereocenters. The molecule has 2 atom stereocenters. The van der Waals surface area contributed by atoms with Gasteiger partial charge in [0, 0.05) is 51.0 Å². The maximum atomic E-state index is 15.2. The van der Waals surface area contributed by atoms with E-state index in [-0.39, 0.29) is 30.6 Å². The quantitative estimate of drug-likeness (QED) is 0.328. The molecule has 4 aromatic rings. The first-order chi connectivity index (χ1) is 19.1. The summed E-state index contributed by atoms with van der Waals surface area (Å²) in [6.07, 6.45) is 3.39. The van der Waals surface area contributed by atoms with Gasteiger partial charge in [-0.25, -0.2) is 19.2 Å². The largest absolute Gasteiger partial charge is 0.438 e. The van der Waals surface area contributed by atoms with Crippen molar-refractivity contribution in [3.8, 4) is 11.1 Å². The molecule has 3 amide bonds. The number of hydrogen-bond acceptors (Lipinski definition) is 7. The van der Waals surface area contributed by atoms with E-state index in [0.29, 0.717) is 40.6 Å². The Bertz CT molecular complexity index is 1540. The predicted molar refractivity (Wildman–Crippen MR) is 148 cm³/mol. The third kappa shape index (κ3) is 5.33. The molecule has 5 rings (SSSR count). The van der Waals surface area contributed by atoms with Gasteiger partial charge in [0.15, 0.2) is 11.5 Å². The second kappa shape index (κ2) is 10.9. The molecule has 0 aliphatic carbocycles. The highest BCUT2D eigenvalue weighted by molar-refractivity contribution is 6.00. The van der Waals surface area contributed by atoms with Gasteiger partial charge in [0.1, 0.15) is 11.6 Å². The van der Waals surface area contributed by atoms with Crippen molar-refractivity contribution in [1.29, 1.82) is 0 Å². The zero-order valence-corrected chi connectivity index (χ0v) is 23.2. The van der Waals surface area contributed by atoms with E-state index in [1.54, 1.807) is 51.2 Å². The summed E-state index contributed by atoms with van der Waals surface area (Å²) in [5, 5.41) is 14.3. The standard InChI is InChI=1S/C28H33FN8O3/c1-15-6-9-20(14-37(15)28(39)36(4)5)33-25-23-21(10-11-30-24(23)34-35-25)18-7-8-19(22(29)12-18)13-31-26(38)27-32-16(2)17(3)40-27/h7-8,10-12,15,20H,6,9,13-14H2,1-5H3,(H,31,38)(H2,30,33,34,35)/t15-,20+/m0/s1. The number of carbonyl (C=O) groups excluding carboxylic acids is 2. The van der Waals surface area contributed by atoms with E-state index in [1.807, 2.05) is 11.0 Å². The summed E-state index contributed by atoms with van der Waals surface area (Å²) in [4.78, 5) is 37.0. The van der Waals surface area contributed by atoms with Crippen LogP contribution in [0.15, 0.2) is 34.9 Å². The van der Waals surface area contributed by atoms with Crippen molar-refractivity contribution in [1.82, 2.24) is 35.3 Å². The SMILES string of the molecule is Cc1nc(C(=O)NCc2ccc(-c3ccnc4[nH]nc(N[C@@H]5CC[C@H](C)N(C(=O)N(C)C)C5)c34)cc2F)oc1C. The fourth-order valence-corrected chi connectivity index (χ4v) is 4.92. The normalized spacial score (nSPS) is 17.2. The first-order valence-electron chi connectivity index (χ1n) is 13.2. The monoisotopic (exact) mass is 548 g/mol. The van der Waals surface area contributed by atoms with Crippen molar-refractivity contribution in [3.63, 3.8) is 0 Å². The van der Waals surface area contributed by atoms with Gasteiger partial charge in [-0.2, -0.15) is 5.10 Å². The van der Waals surface area contributed by atoms with E-state index < -0.39 is 11.7 Å². The molecule has 0 radical (unpaired) electrons. The zero-order valence-electron chi connectivity index (χ0n) is 23.2. The molecule has 0 spiro atoms. The molecule has 12 heteroatoms. The van der Waals surface area contributed by atoms with Gasteiger partial charge in [-0.1, -0.05) is 12.1 Å². The van der Waals surface area contributed by atoms with E-state index in [2.05, 4.69) is 37.7 Å². The maximum Gasteiger partial charge on any atom is 0.319 e. The molecule has 11 nitrogen and oxygen atoms in total. The fraction of sp³-hybridized carbons (Fsp3) is 0.393. The van der Waals surface area contributed by atoms with Crippen molar-refractivity contribution in [2.75, 3.05) is 26.0 Å². The molecular weight excluding hydrogens is 515 g/mol. The van der Waals surface area contributed by atoms with Gasteiger partial charge >= 0.3 is 11.9 Å². The fourth-order valence-electron chi connectivity index (χ4n) is 4.92. The van der Waals surface area contributed by atoms with Crippen LogP contribution in [0.25, 0.3) is 22.2 Å². The Balaban J connectivity index is 1.35. The smallest absolute Gasteiger partial charge is 0.319 e. The van der Waals surface area contributed by atoms with Crippen molar-refractivity contribution < 1.29 is 18.4 Å². The molecule has 40 heavy (non-hydrogen) atoms. The van der Waals surface area contributed by atoms with E-state index in [0.717, 1.165) is 23.8 Å². The number of oxazole rings is 1. The predicted octanol–water partition coefficient (Wildman–Crippen LogP) is 4.25. The van der Waals surface area contributed by atoms with Crippen LogP contribution in [0, 0.1) is 19.7 Å². The number of piperidine rings is 1. The lowest BCUT2D eigenvalue weighted by molar-refractivity contribution is 0.0914. The molecule has 0 bridgehead atoms. The van der Waals surface area contributed by atoms with Crippen molar-refractivity contribution in [2.45, 2.75) is 52.2 Å². The molecule has 1 fully saturated rings. The maximum absolute atomic E-state index is 15.2. The summed E-state index contributed by atoms with van der Waals surface area (Å²) >= 11 is 0. The number of amides is 3. The van der Waals surface area contributed by atoms with Gasteiger partial charge in [0.2, 0.25) is 0 Å². The van der Waals surface area contributed by atoms with E-state index in [9.17, 15) is 9.59 Å². The number of nitrogens with one attached hydrogen (secondary N) is 3. The Hall–Kier alpha value is -4.48. The lowest BCUT2D eigenvalue weighted by atomic mass is 9.98. The third-order valence-electron chi connectivity index (χ3n) is 7.34. The number of urea groups is 1. The highest BCUT2D eigenvalue weighted by Gasteiger charge is 2.30. The molecule has 1 aliphatic rings. The number of anilines is 1. The molecule has 1 aliphatic heterocycles. The van der Waals surface area contributed by atoms with Gasteiger partial charge in [0.05, 0.1) is 11.1 Å². The Morgan fingerprint density at radius 1 is 1.23 bits per heavy atom. The Morgan fingerprint density at radius 2 is 2.02 bits per heavy atom. The number of fused-ring (bicyclic) bond motifs is 1. The van der Waals surface area contributed by atoms with Crippen LogP contribution in [0.2, 0.25) is 0 Å². The summed E-state index contributed by atoms with van der Waals surface area (Å²) in [6, 6.07) is 6.82. The number of halogens is 1. The number of carbonyl (C=O) groups is 2. The number of nitrogens with zero attached hydrogens (tertiary/aromatic N) is 5. The van der Waals surface area contributed by atoms with Gasteiger partial charge in [-0.15, -0.1) is 0 Å². The van der Waals surface area contributed by atoms with E-state index >= 15 is 4.39 Å². The second-order valence-corrected chi connectivity index (χ2v) is 10.4. The molecule has 4 heterocycles. The lowest BCUT2D eigenvalue weighted by Gasteiger charge is -2.39. The minimum absolute atomic E-state index is 0.00129. The molecule has 0 saturated carbocycles. The Labute approximate surface area is 231 Å². The zero-order chi connectivity index (χ0) is 28.6. The van der Waals surface area contributed by atoms with Gasteiger partial charge in [-0.05, 0) is 56.9 Å². The summed E-state index contributed by atoms with van der Waals surface area (Å²) < 4.78 is 20.5. The first kappa shape index (κ1) is 27.1. The van der Waals surface area contributed by atoms with E-state index in [1.165, 1.54) is 6.07 Å². The van der Waals surface area contributed by atoms with Gasteiger partial charge < -0.3 is 24.9 Å². The first-order valence-corrected chi connectivity index (χ1v) is 13.2. The highest BCUT2D eigenvalue weighted by atomic mass is 19.1. The van der Waals surface area contributed by atoms with Crippen molar-refractivity contribution >= 4 is 28.8 Å². The van der Waals surface area contributed by atoms with Gasteiger partial charge in [-0.3, -0.25) is 9.89 Å². The van der Waals surface area contributed by atoms with Crippen molar-refractivity contribution in [3.05, 3.63) is 59.2 Å². The number of hydrogen-bond donors (Lipinski definition) is 3. The second-order valence-electron chi connectivity index (χ2n) is 10.4. The number of rotatable bonds is 6. The Kier molecular flexibility index (Phi) is 7.42. The molecular formula is C28H33FN8O3. The molecule has 3 N–H and O–H groups in total. The summed E-state index contributed by atoms with van der Waals surface area (Å²) in [7, 11) is 3.50. The number of aryl methyl sites for hydroxylation is 2. The number of benzene rings is 1. The summed E-state index contributed by atoms with van der Waals surface area (Å²) in [5.41, 5.74) is 2.93. The Morgan fingerprint density at radius 3 is 2.73 bits per heavy atom. The number of likely N-dealkylation sites (tertiary alicyclic amines) is 1. The third-order valence-corrected chi connectivity index (χ3v) is 7.34. The average Bonchev–Trinajstić information content (AvgIpc) is 3.50. The van der Waals surface area contributed by atoms with Crippen LogP contribution >= 0.6 is 0 Å². The highest BCUT2D eigenvalue weighted by Crippen LogP contribution is 2.33. The molecule has 3 aromatic heterocycles. The molecule has 1 saturated heterocycles. The average molecular weight is 549 g/mol. The van der Waals surface area contributed by atoms with E-state index in [4.69, 9.17) is 4.42 Å². The van der Waals surface area contributed by atoms with Crippen LogP contribution in [0.1, 0.15) is 47.5 Å². The minimum atomic E-state index is -0.507. The van der Waals surface area contributed by atoms with Crippen LogP contribution in [0.5, 0.6) is 0 Å². The molecule has 210 valence electrons. The lowest BCUT2D eigenvalue weighted by Crippen LogP contribution is -2.52. The van der Waals surface area contributed by atoms with Crippen LogP contribution in [0.4, 0.5) is 15.0 Å². The van der Waals surface area contributed by atoms with Crippen LogP contribution in [-0.2, 0) is 6.54 Å². The summed E-state index contributed by atoms with van der Waals surface area (Å²) in [6.45, 7) is 6.07. The topological polar surface area (TPSA) is 132 Å². The van der Waals surface area contributed by atoms with Crippen LogP contribution in [0.3, 0.4) is 0 Å². The van der Waals surface area contributed by atoms with Crippen LogP contribution in [-0.4, -0.2) is 74.6 Å². The number of H-pyrrole nitrogens is 1.